The van der Waals surface area contributed by atoms with E-state index in [4.69, 9.17) is 10.1 Å². The summed E-state index contributed by atoms with van der Waals surface area (Å²) in [5.74, 6) is 0.0649. The third-order valence-corrected chi connectivity index (χ3v) is 6.47. The molecule has 4 aromatic rings. The van der Waals surface area contributed by atoms with Crippen molar-refractivity contribution in [3.05, 3.63) is 83.2 Å². The summed E-state index contributed by atoms with van der Waals surface area (Å²) in [5.41, 5.74) is 7.12. The van der Waals surface area contributed by atoms with Crippen LogP contribution in [0.3, 0.4) is 0 Å². The molecule has 1 N–H and O–H groups in total. The summed E-state index contributed by atoms with van der Waals surface area (Å²) in [6.07, 6.45) is 3.99. The number of hydrogen-bond donors (Lipinski definition) is 1. The Bertz CT molecular complexity index is 1220. The highest BCUT2D eigenvalue weighted by Gasteiger charge is 2.14. The van der Waals surface area contributed by atoms with E-state index in [1.165, 1.54) is 10.5 Å². The summed E-state index contributed by atoms with van der Waals surface area (Å²) in [7, 11) is 0. The largest absolute Gasteiger partial charge is 0.356 e. The quantitative estimate of drug-likeness (QED) is 0.388. The molecule has 164 valence electrons. The molecular weight excluding hydrogens is 416 g/mol. The minimum absolute atomic E-state index is 0.0649. The van der Waals surface area contributed by atoms with Crippen LogP contribution in [0.25, 0.3) is 16.9 Å². The number of carbonyl (C=O) groups is 1. The van der Waals surface area contributed by atoms with E-state index in [1.54, 1.807) is 11.8 Å². The number of aromatic nitrogens is 3. The SMILES string of the molecule is CSc1ccc(CCNC(=O)CCc2c(C)nc3cc(-c4ccccc4)nn3c2C)cc1. The first-order valence-electron chi connectivity index (χ1n) is 10.9. The van der Waals surface area contributed by atoms with Crippen LogP contribution in [0.15, 0.2) is 65.6 Å². The molecule has 0 aliphatic rings. The fraction of sp³-hybridized carbons (Fsp3) is 0.269. The Balaban J connectivity index is 1.38. The lowest BCUT2D eigenvalue weighted by Crippen LogP contribution is -2.26. The molecule has 0 saturated heterocycles. The Morgan fingerprint density at radius 1 is 1.03 bits per heavy atom. The van der Waals surface area contributed by atoms with Gasteiger partial charge in [-0.2, -0.15) is 5.10 Å². The minimum Gasteiger partial charge on any atom is -0.356 e. The predicted octanol–water partition coefficient (Wildman–Crippen LogP) is 5.03. The lowest BCUT2D eigenvalue weighted by molar-refractivity contribution is -0.121. The standard InChI is InChI=1S/C26H28N4OS/c1-18-23(13-14-26(31)27-16-15-20-9-11-22(32-3)12-10-20)19(2)30-25(28-18)17-24(29-30)21-7-5-4-6-8-21/h4-12,17H,13-16H2,1-3H3,(H,27,31). The predicted molar refractivity (Wildman–Crippen MR) is 131 cm³/mol. The summed E-state index contributed by atoms with van der Waals surface area (Å²) in [5, 5.41) is 7.80. The number of amides is 1. The van der Waals surface area contributed by atoms with Crippen LogP contribution in [-0.2, 0) is 17.6 Å². The van der Waals surface area contributed by atoms with E-state index in [-0.39, 0.29) is 5.91 Å². The molecule has 0 unspecified atom stereocenters. The van der Waals surface area contributed by atoms with Gasteiger partial charge in [0.05, 0.1) is 5.69 Å². The summed E-state index contributed by atoms with van der Waals surface area (Å²) < 4.78 is 1.89. The fourth-order valence-corrected chi connectivity index (χ4v) is 4.31. The number of aryl methyl sites for hydroxylation is 2. The van der Waals surface area contributed by atoms with Crippen LogP contribution in [0.5, 0.6) is 0 Å². The van der Waals surface area contributed by atoms with Gasteiger partial charge in [-0.15, -0.1) is 11.8 Å². The van der Waals surface area contributed by atoms with E-state index in [2.05, 4.69) is 42.8 Å². The van der Waals surface area contributed by atoms with Gasteiger partial charge in [-0.3, -0.25) is 4.79 Å². The van der Waals surface area contributed by atoms with Gasteiger partial charge in [0.15, 0.2) is 5.65 Å². The number of nitrogens with one attached hydrogen (secondary N) is 1. The van der Waals surface area contributed by atoms with Crippen molar-refractivity contribution in [3.63, 3.8) is 0 Å². The van der Waals surface area contributed by atoms with Gasteiger partial charge in [0.1, 0.15) is 0 Å². The van der Waals surface area contributed by atoms with Gasteiger partial charge in [0, 0.05) is 40.9 Å². The van der Waals surface area contributed by atoms with E-state index >= 15 is 0 Å². The van der Waals surface area contributed by atoms with Crippen LogP contribution in [0, 0.1) is 13.8 Å². The highest BCUT2D eigenvalue weighted by molar-refractivity contribution is 7.98. The summed E-state index contributed by atoms with van der Waals surface area (Å²) in [6, 6.07) is 20.6. The second kappa shape index (κ2) is 10.0. The van der Waals surface area contributed by atoms with Crippen molar-refractivity contribution < 1.29 is 4.79 Å². The van der Waals surface area contributed by atoms with Crippen molar-refractivity contribution in [1.29, 1.82) is 0 Å². The Morgan fingerprint density at radius 2 is 1.78 bits per heavy atom. The number of thioether (sulfide) groups is 1. The van der Waals surface area contributed by atoms with Crippen LogP contribution in [-0.4, -0.2) is 33.3 Å². The molecule has 2 aromatic heterocycles. The van der Waals surface area contributed by atoms with Crippen LogP contribution in [0.1, 0.15) is 28.9 Å². The zero-order chi connectivity index (χ0) is 22.5. The first-order valence-corrected chi connectivity index (χ1v) is 12.1. The molecule has 0 radical (unpaired) electrons. The molecule has 5 nitrogen and oxygen atoms in total. The van der Waals surface area contributed by atoms with Crippen molar-refractivity contribution in [1.82, 2.24) is 19.9 Å². The first kappa shape index (κ1) is 22.1. The topological polar surface area (TPSA) is 59.3 Å². The van der Waals surface area contributed by atoms with Crippen molar-refractivity contribution in [2.24, 2.45) is 0 Å². The molecule has 0 fully saturated rings. The molecule has 0 aliphatic carbocycles. The zero-order valence-electron chi connectivity index (χ0n) is 18.8. The molecule has 1 amide bonds. The number of carbonyl (C=O) groups excluding carboxylic acids is 1. The molecule has 6 heteroatoms. The van der Waals surface area contributed by atoms with Gasteiger partial charge in [-0.25, -0.2) is 9.50 Å². The second-order valence-electron chi connectivity index (χ2n) is 7.87. The summed E-state index contributed by atoms with van der Waals surface area (Å²) in [4.78, 5) is 18.4. The summed E-state index contributed by atoms with van der Waals surface area (Å²) in [6.45, 7) is 4.70. The molecule has 0 spiro atoms. The van der Waals surface area contributed by atoms with E-state index in [1.807, 2.05) is 47.8 Å². The Labute approximate surface area is 193 Å². The van der Waals surface area contributed by atoms with Crippen LogP contribution in [0.4, 0.5) is 0 Å². The van der Waals surface area contributed by atoms with Crippen LogP contribution in [0.2, 0.25) is 0 Å². The monoisotopic (exact) mass is 444 g/mol. The van der Waals surface area contributed by atoms with Crippen LogP contribution < -0.4 is 5.32 Å². The van der Waals surface area contributed by atoms with E-state index in [9.17, 15) is 4.79 Å². The third kappa shape index (κ3) is 5.02. The Hall–Kier alpha value is -3.12. The van der Waals surface area contributed by atoms with Crippen molar-refractivity contribution >= 4 is 23.3 Å². The molecule has 0 aliphatic heterocycles. The van der Waals surface area contributed by atoms with Crippen molar-refractivity contribution in [2.45, 2.75) is 38.0 Å². The number of hydrogen-bond acceptors (Lipinski definition) is 4. The lowest BCUT2D eigenvalue weighted by Gasteiger charge is -2.11. The molecule has 2 aromatic carbocycles. The average molecular weight is 445 g/mol. The van der Waals surface area contributed by atoms with Crippen molar-refractivity contribution in [2.75, 3.05) is 12.8 Å². The number of fused-ring (bicyclic) bond motifs is 1. The molecular formula is C26H28N4OS. The smallest absolute Gasteiger partial charge is 0.220 e. The van der Waals surface area contributed by atoms with Gasteiger partial charge in [0.2, 0.25) is 5.91 Å². The second-order valence-corrected chi connectivity index (χ2v) is 8.75. The number of rotatable bonds is 8. The zero-order valence-corrected chi connectivity index (χ0v) is 19.6. The van der Waals surface area contributed by atoms with Gasteiger partial charge >= 0.3 is 0 Å². The van der Waals surface area contributed by atoms with Gasteiger partial charge in [0.25, 0.3) is 0 Å². The van der Waals surface area contributed by atoms with Crippen molar-refractivity contribution in [3.8, 4) is 11.3 Å². The normalized spacial score (nSPS) is 11.1. The molecule has 32 heavy (non-hydrogen) atoms. The molecule has 0 saturated carbocycles. The van der Waals surface area contributed by atoms with Gasteiger partial charge in [-0.05, 0) is 56.2 Å². The van der Waals surface area contributed by atoms with E-state index in [0.717, 1.165) is 40.3 Å². The van der Waals surface area contributed by atoms with E-state index < -0.39 is 0 Å². The first-order chi connectivity index (χ1) is 15.5. The minimum atomic E-state index is 0.0649. The molecule has 0 atom stereocenters. The van der Waals surface area contributed by atoms with Gasteiger partial charge < -0.3 is 5.32 Å². The maximum Gasteiger partial charge on any atom is 0.220 e. The maximum absolute atomic E-state index is 12.4. The Kier molecular flexibility index (Phi) is 6.90. The fourth-order valence-electron chi connectivity index (χ4n) is 3.90. The highest BCUT2D eigenvalue weighted by atomic mass is 32.2. The third-order valence-electron chi connectivity index (χ3n) is 5.73. The molecule has 0 bridgehead atoms. The highest BCUT2D eigenvalue weighted by Crippen LogP contribution is 2.22. The average Bonchev–Trinajstić information content (AvgIpc) is 3.24. The van der Waals surface area contributed by atoms with Gasteiger partial charge in [-0.1, -0.05) is 42.5 Å². The molecule has 4 rings (SSSR count). The number of nitrogens with zero attached hydrogens (tertiary/aromatic N) is 3. The van der Waals surface area contributed by atoms with E-state index in [0.29, 0.717) is 19.4 Å². The number of benzene rings is 2. The lowest BCUT2D eigenvalue weighted by atomic mass is 10.1. The maximum atomic E-state index is 12.4. The Morgan fingerprint density at radius 3 is 2.50 bits per heavy atom. The molecule has 2 heterocycles. The summed E-state index contributed by atoms with van der Waals surface area (Å²) >= 11 is 1.73. The van der Waals surface area contributed by atoms with Crippen LogP contribution >= 0.6 is 11.8 Å².